The van der Waals surface area contributed by atoms with Gasteiger partial charge in [0.15, 0.2) is 5.82 Å². The maximum absolute atomic E-state index is 13.9. The molecular weight excluding hydrogens is 739 g/mol. The van der Waals surface area contributed by atoms with Crippen LogP contribution in [0.3, 0.4) is 0 Å². The molecule has 0 unspecified atom stereocenters. The zero-order valence-electron chi connectivity index (χ0n) is 28.3. The van der Waals surface area contributed by atoms with Crippen LogP contribution in [0.4, 0.5) is 5.69 Å². The van der Waals surface area contributed by atoms with Gasteiger partial charge in [-0.3, -0.25) is 14.1 Å². The van der Waals surface area contributed by atoms with Gasteiger partial charge < -0.3 is 14.3 Å². The van der Waals surface area contributed by atoms with Gasteiger partial charge >= 0.3 is 5.76 Å². The Morgan fingerprint density at radius 3 is 2.22 bits per heavy atom. The van der Waals surface area contributed by atoms with Gasteiger partial charge in [-0.05, 0) is 48.9 Å². The maximum Gasteiger partial charge on any atom is 0.427 e. The summed E-state index contributed by atoms with van der Waals surface area (Å²) < 4.78 is 42.2. The fourth-order valence-corrected chi connectivity index (χ4v) is 7.75. The van der Waals surface area contributed by atoms with E-state index in [0.29, 0.717) is 6.42 Å². The third-order valence-electron chi connectivity index (χ3n) is 8.52. The standard InChI is InChI=1S/C36H39Cl3N4O7S/c1-3-4-5-6-7-8-9-10-11-14-19-42-33(40-31-25(34(42)44)20-23(37)21-27(31)39)32-35(45)43(36(46)50-32)29-22-24(17-18-30(29)49-2)51(47,48)41-28-16-13-12-15-26(28)38/h12-13,15-18,20-22,41,45H,3-11,14,19H2,1-2H3. The number of unbranched alkanes of at least 4 members (excludes halogenated alkanes) is 9. The number of halogens is 3. The number of benzene rings is 3. The highest BCUT2D eigenvalue weighted by Gasteiger charge is 2.28. The average Bonchev–Trinajstić information content (AvgIpc) is 3.39. The average molecular weight is 778 g/mol. The van der Waals surface area contributed by atoms with Gasteiger partial charge in [0.1, 0.15) is 5.75 Å². The fraction of sp³-hybridized carbons (Fsp3) is 0.361. The van der Waals surface area contributed by atoms with Crippen LogP contribution in [0.15, 0.2) is 73.5 Å². The predicted molar refractivity (Wildman–Crippen MR) is 202 cm³/mol. The van der Waals surface area contributed by atoms with E-state index in [4.69, 9.17) is 44.0 Å². The molecule has 0 aliphatic heterocycles. The Hall–Kier alpha value is -3.97. The summed E-state index contributed by atoms with van der Waals surface area (Å²) in [4.78, 5) is 31.7. The van der Waals surface area contributed by atoms with Crippen molar-refractivity contribution >= 4 is 61.4 Å². The molecule has 3 aromatic carbocycles. The molecule has 0 atom stereocenters. The molecule has 0 fully saturated rings. The first-order chi connectivity index (χ1) is 24.5. The van der Waals surface area contributed by atoms with E-state index < -0.39 is 33.0 Å². The van der Waals surface area contributed by atoms with E-state index >= 15 is 0 Å². The van der Waals surface area contributed by atoms with E-state index in [1.807, 2.05) is 0 Å². The van der Waals surface area contributed by atoms with Gasteiger partial charge in [0.25, 0.3) is 15.6 Å². The number of ether oxygens (including phenoxy) is 1. The first kappa shape index (κ1) is 38.3. The molecule has 2 N–H and O–H groups in total. The number of aromatic nitrogens is 3. The molecule has 0 saturated heterocycles. The Labute approximate surface area is 310 Å². The van der Waals surface area contributed by atoms with Crippen LogP contribution in [0.5, 0.6) is 11.6 Å². The lowest BCUT2D eigenvalue weighted by molar-refractivity contribution is 0.404. The number of hydrogen-bond donors (Lipinski definition) is 2. The Kier molecular flexibility index (Phi) is 12.8. The minimum absolute atomic E-state index is 0.0448. The second kappa shape index (κ2) is 17.0. The Morgan fingerprint density at radius 2 is 1.55 bits per heavy atom. The normalized spacial score (nSPS) is 11.7. The van der Waals surface area contributed by atoms with Crippen LogP contribution < -0.4 is 20.8 Å². The summed E-state index contributed by atoms with van der Waals surface area (Å²) in [5.41, 5.74) is -0.385. The number of oxazole rings is 1. The topological polar surface area (TPSA) is 146 Å². The molecule has 0 radical (unpaired) electrons. The zero-order chi connectivity index (χ0) is 36.7. The minimum atomic E-state index is -4.23. The molecule has 0 saturated carbocycles. The smallest absolute Gasteiger partial charge is 0.427 e. The lowest BCUT2D eigenvalue weighted by Gasteiger charge is -2.14. The lowest BCUT2D eigenvalue weighted by Crippen LogP contribution is -2.24. The maximum atomic E-state index is 13.9. The second-order valence-electron chi connectivity index (χ2n) is 12.1. The van der Waals surface area contributed by atoms with Crippen LogP contribution in [0.2, 0.25) is 15.1 Å². The molecule has 272 valence electrons. The lowest BCUT2D eigenvalue weighted by atomic mass is 10.1. The summed E-state index contributed by atoms with van der Waals surface area (Å²) in [6.45, 7) is 2.40. The number of para-hydroxylation sites is 1. The van der Waals surface area contributed by atoms with Crippen LogP contribution in [-0.2, 0) is 16.6 Å². The Morgan fingerprint density at radius 1 is 0.882 bits per heavy atom. The van der Waals surface area contributed by atoms with Crippen molar-refractivity contribution in [3.8, 4) is 28.9 Å². The van der Waals surface area contributed by atoms with E-state index in [9.17, 15) is 23.1 Å². The summed E-state index contributed by atoms with van der Waals surface area (Å²) in [6, 6.07) is 12.9. The first-order valence-corrected chi connectivity index (χ1v) is 19.4. The Bertz CT molecular complexity index is 2250. The van der Waals surface area contributed by atoms with E-state index in [-0.39, 0.29) is 60.4 Å². The highest BCUT2D eigenvalue weighted by Crippen LogP contribution is 2.36. The van der Waals surface area contributed by atoms with Crippen molar-refractivity contribution in [3.05, 3.63) is 90.6 Å². The van der Waals surface area contributed by atoms with Gasteiger partial charge in [0.05, 0.1) is 44.3 Å². The van der Waals surface area contributed by atoms with Crippen molar-refractivity contribution in [2.45, 2.75) is 82.6 Å². The number of methoxy groups -OCH3 is 1. The third kappa shape index (κ3) is 8.74. The number of anilines is 1. The molecule has 15 heteroatoms. The van der Waals surface area contributed by atoms with Crippen molar-refractivity contribution in [2.75, 3.05) is 11.8 Å². The molecule has 0 amide bonds. The summed E-state index contributed by atoms with van der Waals surface area (Å²) in [7, 11) is -2.91. The molecule has 0 bridgehead atoms. The summed E-state index contributed by atoms with van der Waals surface area (Å²) in [5, 5.41) is 12.2. The molecule has 0 aliphatic rings. The molecule has 11 nitrogen and oxygen atoms in total. The largest absolute Gasteiger partial charge is 0.495 e. The molecule has 0 spiro atoms. The van der Waals surface area contributed by atoms with Gasteiger partial charge in [-0.15, -0.1) is 0 Å². The SMILES string of the molecule is CCCCCCCCCCCCn1c(-c2oc(=O)n(-c3cc(S(=O)(=O)Nc4ccccc4Cl)ccc3OC)c2O)nc2c(Cl)cc(Cl)cc2c1=O. The van der Waals surface area contributed by atoms with Gasteiger partial charge in [0, 0.05) is 11.6 Å². The summed E-state index contributed by atoms with van der Waals surface area (Å²) in [6.07, 6.45) is 10.8. The third-order valence-corrected chi connectivity index (χ3v) is 10.7. The zero-order valence-corrected chi connectivity index (χ0v) is 31.3. The van der Waals surface area contributed by atoms with Crippen molar-refractivity contribution < 1.29 is 22.7 Å². The number of nitrogens with one attached hydrogen (secondary N) is 1. The van der Waals surface area contributed by atoms with E-state index in [1.165, 1.54) is 80.2 Å². The van der Waals surface area contributed by atoms with Crippen molar-refractivity contribution in [2.24, 2.45) is 0 Å². The molecule has 5 rings (SSSR count). The summed E-state index contributed by atoms with van der Waals surface area (Å²) >= 11 is 18.9. The van der Waals surface area contributed by atoms with Gasteiger partial charge in [-0.1, -0.05) is 112 Å². The number of rotatable bonds is 17. The highest BCUT2D eigenvalue weighted by molar-refractivity contribution is 7.92. The molecule has 2 heterocycles. The highest BCUT2D eigenvalue weighted by atomic mass is 35.5. The molecule has 51 heavy (non-hydrogen) atoms. The number of sulfonamides is 1. The van der Waals surface area contributed by atoms with E-state index in [2.05, 4.69) is 16.6 Å². The molecule has 2 aromatic heterocycles. The van der Waals surface area contributed by atoms with Crippen LogP contribution in [-0.4, -0.2) is 34.8 Å². The number of nitrogens with zero attached hydrogens (tertiary/aromatic N) is 3. The minimum Gasteiger partial charge on any atom is -0.495 e. The number of fused-ring (bicyclic) bond motifs is 1. The van der Waals surface area contributed by atoms with Crippen molar-refractivity contribution in [1.82, 2.24) is 14.1 Å². The van der Waals surface area contributed by atoms with Gasteiger partial charge in [0.2, 0.25) is 11.6 Å². The van der Waals surface area contributed by atoms with E-state index in [1.54, 1.807) is 12.1 Å². The molecule has 5 aromatic rings. The van der Waals surface area contributed by atoms with Gasteiger partial charge in [-0.25, -0.2) is 22.8 Å². The number of aromatic hydroxyl groups is 1. The predicted octanol–water partition coefficient (Wildman–Crippen LogP) is 9.20. The number of hydrogen-bond acceptors (Lipinski definition) is 8. The van der Waals surface area contributed by atoms with E-state index in [0.717, 1.165) is 36.3 Å². The fourth-order valence-electron chi connectivity index (χ4n) is 5.87. The molecule has 0 aliphatic carbocycles. The summed E-state index contributed by atoms with van der Waals surface area (Å²) in [5.74, 6) is -2.33. The quantitative estimate of drug-likeness (QED) is 0.0889. The van der Waals surface area contributed by atoms with Gasteiger partial charge in [-0.2, -0.15) is 0 Å². The first-order valence-electron chi connectivity index (χ1n) is 16.8. The van der Waals surface area contributed by atoms with Crippen LogP contribution >= 0.6 is 34.8 Å². The molecular formula is C36H39Cl3N4O7S. The van der Waals surface area contributed by atoms with Crippen molar-refractivity contribution in [1.29, 1.82) is 0 Å². The Balaban J connectivity index is 1.51. The van der Waals surface area contributed by atoms with Crippen LogP contribution in [0, 0.1) is 0 Å². The monoisotopic (exact) mass is 776 g/mol. The van der Waals surface area contributed by atoms with Crippen LogP contribution in [0.1, 0.15) is 71.1 Å². The second-order valence-corrected chi connectivity index (χ2v) is 15.1. The van der Waals surface area contributed by atoms with Crippen LogP contribution in [0.25, 0.3) is 28.2 Å². The van der Waals surface area contributed by atoms with Crippen molar-refractivity contribution in [3.63, 3.8) is 0 Å².